The number of benzene rings is 1. The van der Waals surface area contributed by atoms with Gasteiger partial charge in [-0.15, -0.1) is 0 Å². The lowest BCUT2D eigenvalue weighted by Gasteiger charge is -2.34. The van der Waals surface area contributed by atoms with Gasteiger partial charge < -0.3 is 10.3 Å². The fourth-order valence-electron chi connectivity index (χ4n) is 4.20. The van der Waals surface area contributed by atoms with Gasteiger partial charge in [0.25, 0.3) is 5.56 Å². The molecular weight excluding hydrogens is 370 g/mol. The summed E-state index contributed by atoms with van der Waals surface area (Å²) in [5, 5.41) is 3.89. The van der Waals surface area contributed by atoms with E-state index in [-0.39, 0.29) is 11.5 Å². The van der Waals surface area contributed by atoms with Crippen LogP contribution in [0.15, 0.2) is 29.1 Å². The number of fused-ring (bicyclic) bond motifs is 1. The second-order valence-corrected chi connectivity index (χ2v) is 8.57. The predicted octanol–water partition coefficient (Wildman–Crippen LogP) is 4.56. The van der Waals surface area contributed by atoms with Gasteiger partial charge in [-0.3, -0.25) is 14.2 Å². The lowest BCUT2D eigenvalue weighted by Crippen LogP contribution is -2.43. The Balaban J connectivity index is 1.45. The van der Waals surface area contributed by atoms with E-state index in [1.165, 1.54) is 12.8 Å². The Bertz CT molecular complexity index is 933. The molecule has 1 amide bonds. The number of unbranched alkanes of at least 4 members (excludes halogenated alkanes) is 2. The summed E-state index contributed by atoms with van der Waals surface area (Å²) in [6.07, 6.45) is 6.69. The van der Waals surface area contributed by atoms with Crippen LogP contribution in [0.3, 0.4) is 0 Å². The summed E-state index contributed by atoms with van der Waals surface area (Å²) < 4.78 is 2.09. The number of nitrogens with one attached hydrogen (secondary N) is 2. The Labute approximate surface area is 171 Å². The van der Waals surface area contributed by atoms with Crippen molar-refractivity contribution in [1.82, 2.24) is 14.9 Å². The second-order valence-electron chi connectivity index (χ2n) is 8.18. The second kappa shape index (κ2) is 9.50. The Morgan fingerprint density at radius 3 is 2.82 bits per heavy atom. The highest BCUT2D eigenvalue weighted by Gasteiger charge is 2.27. The van der Waals surface area contributed by atoms with Crippen LogP contribution in [0.25, 0.3) is 10.9 Å². The monoisotopic (exact) mass is 401 g/mol. The van der Waals surface area contributed by atoms with Crippen LogP contribution in [0.4, 0.5) is 0 Å². The van der Waals surface area contributed by atoms with Crippen molar-refractivity contribution < 1.29 is 4.79 Å². The molecule has 1 heterocycles. The van der Waals surface area contributed by atoms with E-state index in [4.69, 9.17) is 12.2 Å². The van der Waals surface area contributed by atoms with E-state index in [1.807, 2.05) is 24.3 Å². The number of rotatable bonds is 7. The summed E-state index contributed by atoms with van der Waals surface area (Å²) in [5.41, 5.74) is 0.731. The largest absolute Gasteiger partial charge is 0.353 e. The highest BCUT2D eigenvalue weighted by atomic mass is 32.1. The minimum absolute atomic E-state index is 0.0440. The summed E-state index contributed by atoms with van der Waals surface area (Å²) >= 11 is 5.34. The van der Waals surface area contributed by atoms with E-state index in [2.05, 4.69) is 24.1 Å². The fraction of sp³-hybridized carbons (Fsp3) is 0.591. The van der Waals surface area contributed by atoms with Crippen LogP contribution in [0, 0.1) is 16.6 Å². The van der Waals surface area contributed by atoms with E-state index in [1.54, 1.807) is 4.57 Å². The summed E-state index contributed by atoms with van der Waals surface area (Å²) in [7, 11) is 0. The number of H-pyrrole nitrogens is 1. The van der Waals surface area contributed by atoms with Crippen LogP contribution in [-0.2, 0) is 11.3 Å². The normalized spacial score (nSPS) is 22.3. The van der Waals surface area contributed by atoms with Gasteiger partial charge in [-0.25, -0.2) is 0 Å². The molecule has 2 aromatic rings. The van der Waals surface area contributed by atoms with Crippen LogP contribution < -0.4 is 10.9 Å². The van der Waals surface area contributed by atoms with Crippen molar-refractivity contribution in [1.29, 1.82) is 0 Å². The molecule has 0 aliphatic heterocycles. The molecular formula is C22H31N3O2S. The Hall–Kier alpha value is -1.95. The van der Waals surface area contributed by atoms with Crippen molar-refractivity contribution in [2.24, 2.45) is 11.8 Å². The minimum Gasteiger partial charge on any atom is -0.353 e. The molecule has 28 heavy (non-hydrogen) atoms. The maximum Gasteiger partial charge on any atom is 0.262 e. The molecule has 6 heteroatoms. The zero-order valence-corrected chi connectivity index (χ0v) is 17.7. The smallest absolute Gasteiger partial charge is 0.262 e. The molecule has 0 spiro atoms. The molecule has 152 valence electrons. The summed E-state index contributed by atoms with van der Waals surface area (Å²) in [6, 6.07) is 7.75. The molecule has 2 N–H and O–H groups in total. The number of hydrogen-bond donors (Lipinski definition) is 2. The van der Waals surface area contributed by atoms with Crippen molar-refractivity contribution in [2.45, 2.75) is 71.4 Å². The van der Waals surface area contributed by atoms with Crippen molar-refractivity contribution in [2.75, 3.05) is 0 Å². The van der Waals surface area contributed by atoms with Crippen LogP contribution >= 0.6 is 12.2 Å². The van der Waals surface area contributed by atoms with E-state index in [0.717, 1.165) is 31.2 Å². The number of nitrogens with zero attached hydrogens (tertiary/aromatic N) is 1. The maximum atomic E-state index is 12.6. The summed E-state index contributed by atoms with van der Waals surface area (Å²) in [5.74, 6) is 1.40. The number of hydrogen-bond acceptors (Lipinski definition) is 3. The first kappa shape index (κ1) is 20.8. The number of aromatic amines is 1. The van der Waals surface area contributed by atoms with Gasteiger partial charge in [0.05, 0.1) is 10.9 Å². The van der Waals surface area contributed by atoms with Gasteiger partial charge in [0.2, 0.25) is 5.91 Å². The molecule has 3 unspecified atom stereocenters. The van der Waals surface area contributed by atoms with Gasteiger partial charge in [-0.1, -0.05) is 45.2 Å². The molecule has 0 radical (unpaired) electrons. The van der Waals surface area contributed by atoms with Crippen molar-refractivity contribution in [3.63, 3.8) is 0 Å². The molecule has 5 nitrogen and oxygen atoms in total. The van der Waals surface area contributed by atoms with Crippen LogP contribution in [0.2, 0.25) is 0 Å². The SMILES string of the molecule is CC1CCCC(NC(=O)CCCCCn2c(=S)[nH]c3ccccc3c2=O)C1C. The van der Waals surface area contributed by atoms with Crippen LogP contribution in [-0.4, -0.2) is 21.5 Å². The average Bonchev–Trinajstić information content (AvgIpc) is 2.67. The zero-order valence-electron chi connectivity index (χ0n) is 16.9. The number of carbonyl (C=O) groups is 1. The highest BCUT2D eigenvalue weighted by Crippen LogP contribution is 2.29. The van der Waals surface area contributed by atoms with Gasteiger partial charge in [0.1, 0.15) is 0 Å². The Morgan fingerprint density at radius 2 is 2.00 bits per heavy atom. The van der Waals surface area contributed by atoms with E-state index < -0.39 is 0 Å². The molecule has 1 fully saturated rings. The summed E-state index contributed by atoms with van der Waals surface area (Å²) in [4.78, 5) is 28.0. The topological polar surface area (TPSA) is 66.9 Å². The lowest BCUT2D eigenvalue weighted by molar-refractivity contribution is -0.122. The third kappa shape index (κ3) is 4.90. The average molecular weight is 402 g/mol. The Morgan fingerprint density at radius 1 is 1.21 bits per heavy atom. The number of aromatic nitrogens is 2. The molecule has 1 aliphatic rings. The molecule has 3 rings (SSSR count). The van der Waals surface area contributed by atoms with Crippen LogP contribution in [0.1, 0.15) is 58.8 Å². The van der Waals surface area contributed by atoms with Gasteiger partial charge in [-0.2, -0.15) is 0 Å². The number of para-hydroxylation sites is 1. The van der Waals surface area contributed by atoms with E-state index in [9.17, 15) is 9.59 Å². The maximum absolute atomic E-state index is 12.6. The molecule has 1 aromatic heterocycles. The van der Waals surface area contributed by atoms with E-state index in [0.29, 0.717) is 41.0 Å². The van der Waals surface area contributed by atoms with Crippen LogP contribution in [0.5, 0.6) is 0 Å². The van der Waals surface area contributed by atoms with Crippen molar-refractivity contribution in [3.05, 3.63) is 39.4 Å². The quantitative estimate of drug-likeness (QED) is 0.528. The zero-order chi connectivity index (χ0) is 20.1. The highest BCUT2D eigenvalue weighted by molar-refractivity contribution is 7.71. The first-order valence-electron chi connectivity index (χ1n) is 10.5. The fourth-order valence-corrected chi connectivity index (χ4v) is 4.48. The molecule has 0 bridgehead atoms. The molecule has 3 atom stereocenters. The van der Waals surface area contributed by atoms with Crippen molar-refractivity contribution >= 4 is 29.0 Å². The van der Waals surface area contributed by atoms with Gasteiger partial charge in [0, 0.05) is 19.0 Å². The molecule has 1 saturated carbocycles. The number of amides is 1. The lowest BCUT2D eigenvalue weighted by atomic mass is 9.78. The molecule has 0 saturated heterocycles. The van der Waals surface area contributed by atoms with Crippen molar-refractivity contribution in [3.8, 4) is 0 Å². The van der Waals surface area contributed by atoms with Gasteiger partial charge in [0.15, 0.2) is 4.77 Å². The first-order chi connectivity index (χ1) is 13.5. The van der Waals surface area contributed by atoms with E-state index >= 15 is 0 Å². The predicted molar refractivity (Wildman–Crippen MR) is 116 cm³/mol. The minimum atomic E-state index is -0.0440. The standard InChI is InChI=1S/C22H31N3O2S/c1-15-9-8-12-18(16(15)2)23-20(26)13-4-3-7-14-25-21(27)17-10-5-6-11-19(17)24-22(25)28/h5-6,10-11,15-16,18H,3-4,7-9,12-14H2,1-2H3,(H,23,26)(H,24,28). The Kier molecular flexibility index (Phi) is 7.05. The van der Waals surface area contributed by atoms with Gasteiger partial charge >= 0.3 is 0 Å². The third-order valence-corrected chi connectivity index (χ3v) is 6.55. The third-order valence-electron chi connectivity index (χ3n) is 6.23. The van der Waals surface area contributed by atoms with Gasteiger partial charge in [-0.05, 0) is 55.4 Å². The first-order valence-corrected chi connectivity index (χ1v) is 10.9. The number of carbonyl (C=O) groups excluding carboxylic acids is 1. The molecule has 1 aromatic carbocycles. The molecule has 1 aliphatic carbocycles. The summed E-state index contributed by atoms with van der Waals surface area (Å²) in [6.45, 7) is 5.11.